The Balaban J connectivity index is 0.00000312. The lowest BCUT2D eigenvalue weighted by Crippen LogP contribution is -2.51. The maximum Gasteiger partial charge on any atom is 0.220 e. The first-order chi connectivity index (χ1) is 11.5. The van der Waals surface area contributed by atoms with Crippen molar-refractivity contribution in [3.05, 3.63) is 0 Å². The lowest BCUT2D eigenvalue weighted by Gasteiger charge is -2.39. The highest BCUT2D eigenvalue weighted by atomic mass is 127. The topological polar surface area (TPSA) is 56.7 Å². The zero-order valence-electron chi connectivity index (χ0n) is 16.0. The average Bonchev–Trinajstić information content (AvgIpc) is 3.02. The van der Waals surface area contributed by atoms with E-state index in [1.54, 1.807) is 0 Å². The van der Waals surface area contributed by atoms with Crippen molar-refractivity contribution in [2.75, 3.05) is 38.5 Å². The van der Waals surface area contributed by atoms with E-state index >= 15 is 0 Å². The second kappa shape index (κ2) is 11.5. The molecule has 0 aromatic carbocycles. The summed E-state index contributed by atoms with van der Waals surface area (Å²) in [7, 11) is 0. The maximum absolute atomic E-state index is 12.0. The van der Waals surface area contributed by atoms with Gasteiger partial charge in [0.25, 0.3) is 0 Å². The summed E-state index contributed by atoms with van der Waals surface area (Å²) in [6.07, 6.45) is 5.72. The van der Waals surface area contributed by atoms with E-state index < -0.39 is 0 Å². The number of nitrogens with zero attached hydrogens (tertiary/aromatic N) is 2. The smallest absolute Gasteiger partial charge is 0.220 e. The van der Waals surface area contributed by atoms with Crippen molar-refractivity contribution in [1.82, 2.24) is 15.5 Å². The van der Waals surface area contributed by atoms with Crippen LogP contribution in [0.4, 0.5) is 0 Å². The number of guanidine groups is 1. The molecule has 2 N–H and O–H groups in total. The van der Waals surface area contributed by atoms with Crippen molar-refractivity contribution in [3.63, 3.8) is 0 Å². The molecule has 0 aromatic heterocycles. The standard InChI is InChI=1S/C18H34N4OS.HI/c1-4-19-17(22-11-12-24-18(2,3)14-22)21-10-9-20-16(23)13-15-7-5-6-8-15;/h15H,4-14H2,1-3H3,(H,19,21)(H,20,23);1H. The summed E-state index contributed by atoms with van der Waals surface area (Å²) >= 11 is 2.03. The van der Waals surface area contributed by atoms with Gasteiger partial charge in [0, 0.05) is 43.1 Å². The Morgan fingerprint density at radius 1 is 1.28 bits per heavy atom. The fraction of sp³-hybridized carbons (Fsp3) is 0.889. The molecule has 0 bridgehead atoms. The Morgan fingerprint density at radius 2 is 2.00 bits per heavy atom. The highest BCUT2D eigenvalue weighted by molar-refractivity contribution is 14.0. The molecule has 0 aromatic rings. The summed E-state index contributed by atoms with van der Waals surface area (Å²) in [6.45, 7) is 10.9. The number of carbonyl (C=O) groups is 1. The predicted octanol–water partition coefficient (Wildman–Crippen LogP) is 3.09. The first kappa shape index (κ1) is 22.9. The van der Waals surface area contributed by atoms with E-state index in [-0.39, 0.29) is 34.6 Å². The van der Waals surface area contributed by atoms with E-state index in [1.165, 1.54) is 25.7 Å². The molecule has 2 aliphatic rings. The minimum Gasteiger partial charge on any atom is -0.357 e. The van der Waals surface area contributed by atoms with Gasteiger partial charge in [-0.25, -0.2) is 0 Å². The molecule has 1 aliphatic heterocycles. The van der Waals surface area contributed by atoms with E-state index in [0.29, 0.717) is 25.4 Å². The second-order valence-electron chi connectivity index (χ2n) is 7.47. The summed E-state index contributed by atoms with van der Waals surface area (Å²) in [6, 6.07) is 0. The molecule has 0 atom stereocenters. The number of rotatable bonds is 6. The summed E-state index contributed by atoms with van der Waals surface area (Å²) in [4.78, 5) is 19.0. The van der Waals surface area contributed by atoms with Gasteiger partial charge in [-0.2, -0.15) is 11.8 Å². The zero-order chi connectivity index (χ0) is 17.4. The maximum atomic E-state index is 12.0. The van der Waals surface area contributed by atoms with Gasteiger partial charge in [0.15, 0.2) is 5.96 Å². The molecule has 1 amide bonds. The molecule has 25 heavy (non-hydrogen) atoms. The fourth-order valence-corrected chi connectivity index (χ4v) is 4.64. The van der Waals surface area contributed by atoms with Gasteiger partial charge in [0.05, 0.1) is 6.54 Å². The van der Waals surface area contributed by atoms with Crippen molar-refractivity contribution < 1.29 is 4.79 Å². The predicted molar refractivity (Wildman–Crippen MR) is 119 cm³/mol. The SMILES string of the molecule is CCNC(=NCCNC(=O)CC1CCCC1)N1CCSC(C)(C)C1.I. The number of carbonyl (C=O) groups excluding carboxylic acids is 1. The molecule has 0 unspecified atom stereocenters. The Hall–Kier alpha value is -0.180. The number of hydrogen-bond donors (Lipinski definition) is 2. The molecule has 0 spiro atoms. The van der Waals surface area contributed by atoms with E-state index in [9.17, 15) is 4.79 Å². The minimum atomic E-state index is 0. The van der Waals surface area contributed by atoms with Crippen LogP contribution in [-0.4, -0.2) is 60.0 Å². The lowest BCUT2D eigenvalue weighted by molar-refractivity contribution is -0.121. The van der Waals surface area contributed by atoms with Gasteiger partial charge in [0.2, 0.25) is 5.91 Å². The normalized spacial score (nSPS) is 20.9. The average molecular weight is 482 g/mol. The van der Waals surface area contributed by atoms with E-state index in [4.69, 9.17) is 4.99 Å². The third-order valence-electron chi connectivity index (χ3n) is 4.70. The van der Waals surface area contributed by atoms with Gasteiger partial charge in [-0.1, -0.05) is 12.8 Å². The molecule has 5 nitrogen and oxygen atoms in total. The van der Waals surface area contributed by atoms with Gasteiger partial charge >= 0.3 is 0 Å². The lowest BCUT2D eigenvalue weighted by atomic mass is 10.0. The summed E-state index contributed by atoms with van der Waals surface area (Å²) in [5, 5.41) is 6.42. The van der Waals surface area contributed by atoms with Crippen molar-refractivity contribution in [1.29, 1.82) is 0 Å². The quantitative estimate of drug-likeness (QED) is 0.265. The molecule has 146 valence electrons. The summed E-state index contributed by atoms with van der Waals surface area (Å²) < 4.78 is 0.268. The van der Waals surface area contributed by atoms with Crippen LogP contribution in [0, 0.1) is 5.92 Å². The van der Waals surface area contributed by atoms with Crippen LogP contribution in [-0.2, 0) is 4.79 Å². The van der Waals surface area contributed by atoms with Crippen LogP contribution >= 0.6 is 35.7 Å². The summed E-state index contributed by atoms with van der Waals surface area (Å²) in [5.74, 6) is 2.92. The molecule has 0 radical (unpaired) electrons. The molecule has 2 fully saturated rings. The molecule has 1 saturated carbocycles. The minimum absolute atomic E-state index is 0. The van der Waals surface area contributed by atoms with E-state index in [1.807, 2.05) is 11.8 Å². The second-order valence-corrected chi connectivity index (χ2v) is 9.27. The van der Waals surface area contributed by atoms with Crippen LogP contribution in [0.5, 0.6) is 0 Å². The number of aliphatic imine (C=N–C) groups is 1. The van der Waals surface area contributed by atoms with Crippen LogP contribution in [0.2, 0.25) is 0 Å². The molecule has 2 rings (SSSR count). The number of halogens is 1. The molecule has 1 heterocycles. The Kier molecular flexibility index (Phi) is 10.5. The fourth-order valence-electron chi connectivity index (χ4n) is 3.53. The molecular weight excluding hydrogens is 447 g/mol. The third-order valence-corrected chi connectivity index (χ3v) is 6.00. The first-order valence-corrected chi connectivity index (χ1v) is 10.4. The molecular formula is C18H35IN4OS. The van der Waals surface area contributed by atoms with Gasteiger partial charge in [0.1, 0.15) is 0 Å². The van der Waals surface area contributed by atoms with Crippen molar-refractivity contribution >= 4 is 47.6 Å². The van der Waals surface area contributed by atoms with Crippen LogP contribution in [0.25, 0.3) is 0 Å². The largest absolute Gasteiger partial charge is 0.357 e. The highest BCUT2D eigenvalue weighted by Gasteiger charge is 2.28. The van der Waals surface area contributed by atoms with E-state index in [2.05, 4.69) is 36.3 Å². The van der Waals surface area contributed by atoms with E-state index in [0.717, 1.165) is 31.3 Å². The Morgan fingerprint density at radius 3 is 2.64 bits per heavy atom. The number of hydrogen-bond acceptors (Lipinski definition) is 3. The number of nitrogens with one attached hydrogen (secondary N) is 2. The molecule has 7 heteroatoms. The third kappa shape index (κ3) is 8.37. The van der Waals surface area contributed by atoms with Crippen molar-refractivity contribution in [3.8, 4) is 0 Å². The first-order valence-electron chi connectivity index (χ1n) is 9.44. The Labute approximate surface area is 174 Å². The number of amides is 1. The van der Waals surface area contributed by atoms with Crippen LogP contribution in [0.1, 0.15) is 52.9 Å². The Bertz CT molecular complexity index is 439. The van der Waals surface area contributed by atoms with Crippen LogP contribution in [0.15, 0.2) is 4.99 Å². The monoisotopic (exact) mass is 482 g/mol. The summed E-state index contributed by atoms with van der Waals surface area (Å²) in [5.41, 5.74) is 0. The van der Waals surface area contributed by atoms with Gasteiger partial charge < -0.3 is 15.5 Å². The molecule has 1 aliphatic carbocycles. The van der Waals surface area contributed by atoms with Gasteiger partial charge in [-0.3, -0.25) is 9.79 Å². The van der Waals surface area contributed by atoms with Gasteiger partial charge in [-0.15, -0.1) is 24.0 Å². The van der Waals surface area contributed by atoms with Crippen molar-refractivity contribution in [2.24, 2.45) is 10.9 Å². The van der Waals surface area contributed by atoms with Crippen LogP contribution in [0.3, 0.4) is 0 Å². The highest BCUT2D eigenvalue weighted by Crippen LogP contribution is 2.29. The number of thioether (sulfide) groups is 1. The zero-order valence-corrected chi connectivity index (χ0v) is 19.1. The van der Waals surface area contributed by atoms with Crippen LogP contribution < -0.4 is 10.6 Å². The van der Waals surface area contributed by atoms with Crippen molar-refractivity contribution in [2.45, 2.75) is 57.6 Å². The van der Waals surface area contributed by atoms with Gasteiger partial charge in [-0.05, 0) is 39.5 Å². The molecule has 1 saturated heterocycles.